The predicted octanol–water partition coefficient (Wildman–Crippen LogP) is 6.72. The summed E-state index contributed by atoms with van der Waals surface area (Å²) in [5.74, 6) is -0.975. The van der Waals surface area contributed by atoms with Crippen LogP contribution in [-0.2, 0) is 33.6 Å². The van der Waals surface area contributed by atoms with Gasteiger partial charge in [0.25, 0.3) is 0 Å². The van der Waals surface area contributed by atoms with E-state index < -0.39 is 38.4 Å². The molecule has 0 amide bonds. The van der Waals surface area contributed by atoms with E-state index in [-0.39, 0.29) is 29.2 Å². The van der Waals surface area contributed by atoms with Crippen LogP contribution in [0.3, 0.4) is 0 Å². The molecule has 0 aliphatic heterocycles. The molecule has 0 saturated carbocycles. The molecule has 0 aliphatic rings. The van der Waals surface area contributed by atoms with Crippen LogP contribution in [0.5, 0.6) is 5.75 Å². The standard InChI is InChI=1S/C31H37F4NO4S/c1-29(2,23-12-7-6-8-13-23)21-36(20-22-11-9-14-26(28(22)32)31(33,34)35)17-10-18-40-24-15-16-25(30(3,4)37)27(19-24)41(5,38)39/h6-9,11-16,19,37H,10,17-18,20-21H2,1-5H3. The van der Waals surface area contributed by atoms with Crippen molar-refractivity contribution in [3.63, 3.8) is 0 Å². The van der Waals surface area contributed by atoms with Gasteiger partial charge < -0.3 is 9.84 Å². The van der Waals surface area contributed by atoms with Crippen LogP contribution in [0.2, 0.25) is 0 Å². The van der Waals surface area contributed by atoms with Crippen molar-refractivity contribution in [2.75, 3.05) is 26.0 Å². The Bertz CT molecular complexity index is 1430. The Kier molecular flexibility index (Phi) is 9.93. The molecule has 0 spiro atoms. The molecule has 0 heterocycles. The third kappa shape index (κ3) is 8.77. The molecule has 10 heteroatoms. The van der Waals surface area contributed by atoms with E-state index in [1.54, 1.807) is 6.07 Å². The highest BCUT2D eigenvalue weighted by Gasteiger charge is 2.35. The second kappa shape index (κ2) is 12.5. The van der Waals surface area contributed by atoms with Crippen LogP contribution in [0.25, 0.3) is 0 Å². The molecule has 41 heavy (non-hydrogen) atoms. The van der Waals surface area contributed by atoms with E-state index in [1.165, 1.54) is 38.1 Å². The smallest absolute Gasteiger partial charge is 0.419 e. The Balaban J connectivity index is 1.79. The normalized spacial score (nSPS) is 13.0. The number of hydrogen-bond acceptors (Lipinski definition) is 5. The first-order chi connectivity index (χ1) is 18.9. The van der Waals surface area contributed by atoms with Crippen molar-refractivity contribution < 1.29 is 35.8 Å². The minimum absolute atomic E-state index is 0.0336. The van der Waals surface area contributed by atoms with Crippen molar-refractivity contribution in [2.45, 2.75) is 62.7 Å². The number of halogens is 4. The van der Waals surface area contributed by atoms with Gasteiger partial charge in [-0.05, 0) is 44.0 Å². The number of hydrogen-bond donors (Lipinski definition) is 1. The maximum atomic E-state index is 14.9. The SMILES string of the molecule is CC(C)(O)c1ccc(OCCCN(Cc2cccc(C(F)(F)F)c2F)CC(C)(C)c2ccccc2)cc1S(C)(=O)=O. The van der Waals surface area contributed by atoms with E-state index in [4.69, 9.17) is 4.74 Å². The lowest BCUT2D eigenvalue weighted by Crippen LogP contribution is -2.38. The van der Waals surface area contributed by atoms with Crippen LogP contribution >= 0.6 is 0 Å². The fourth-order valence-corrected chi connectivity index (χ4v) is 5.85. The van der Waals surface area contributed by atoms with Gasteiger partial charge in [0, 0.05) is 42.4 Å². The second-order valence-corrected chi connectivity index (χ2v) is 13.4. The van der Waals surface area contributed by atoms with Crippen LogP contribution in [0.1, 0.15) is 56.4 Å². The van der Waals surface area contributed by atoms with Crippen molar-refractivity contribution in [3.8, 4) is 5.75 Å². The summed E-state index contributed by atoms with van der Waals surface area (Å²) in [6, 6.07) is 17.4. The summed E-state index contributed by atoms with van der Waals surface area (Å²) in [6.45, 7) is 7.99. The van der Waals surface area contributed by atoms with Gasteiger partial charge in [-0.3, -0.25) is 4.90 Å². The number of benzene rings is 3. The van der Waals surface area contributed by atoms with Crippen LogP contribution in [0, 0.1) is 5.82 Å². The molecule has 224 valence electrons. The lowest BCUT2D eigenvalue weighted by Gasteiger charge is -2.33. The van der Waals surface area contributed by atoms with E-state index in [9.17, 15) is 31.1 Å². The van der Waals surface area contributed by atoms with Crippen LogP contribution in [0.4, 0.5) is 17.6 Å². The molecule has 0 saturated heterocycles. The van der Waals surface area contributed by atoms with E-state index in [0.717, 1.165) is 17.9 Å². The fourth-order valence-electron chi connectivity index (χ4n) is 4.80. The van der Waals surface area contributed by atoms with Crippen molar-refractivity contribution in [2.24, 2.45) is 0 Å². The molecule has 0 bridgehead atoms. The van der Waals surface area contributed by atoms with Gasteiger partial charge in [0.1, 0.15) is 11.6 Å². The van der Waals surface area contributed by atoms with Crippen LogP contribution in [0.15, 0.2) is 71.6 Å². The molecule has 0 unspecified atom stereocenters. The monoisotopic (exact) mass is 595 g/mol. The first-order valence-electron chi connectivity index (χ1n) is 13.2. The summed E-state index contributed by atoms with van der Waals surface area (Å²) in [4.78, 5) is 1.86. The Hall–Kier alpha value is -2.95. The van der Waals surface area contributed by atoms with Gasteiger partial charge in [0.2, 0.25) is 0 Å². The number of alkyl halides is 3. The predicted molar refractivity (Wildman–Crippen MR) is 151 cm³/mol. The molecular formula is C31H37F4NO4S. The molecule has 5 nitrogen and oxygen atoms in total. The lowest BCUT2D eigenvalue weighted by molar-refractivity contribution is -0.140. The van der Waals surface area contributed by atoms with Gasteiger partial charge >= 0.3 is 6.18 Å². The molecule has 3 aromatic carbocycles. The van der Waals surface area contributed by atoms with E-state index in [2.05, 4.69) is 0 Å². The highest BCUT2D eigenvalue weighted by Crippen LogP contribution is 2.34. The molecule has 0 aliphatic carbocycles. The quantitative estimate of drug-likeness (QED) is 0.186. The largest absolute Gasteiger partial charge is 0.494 e. The molecule has 3 rings (SSSR count). The van der Waals surface area contributed by atoms with Crippen LogP contribution < -0.4 is 4.74 Å². The third-order valence-electron chi connectivity index (χ3n) is 6.85. The third-order valence-corrected chi connectivity index (χ3v) is 7.99. The number of sulfone groups is 1. The topological polar surface area (TPSA) is 66.8 Å². The Labute approximate surface area is 239 Å². The van der Waals surface area contributed by atoms with Gasteiger partial charge in [-0.1, -0.05) is 62.4 Å². The van der Waals surface area contributed by atoms with E-state index in [1.807, 2.05) is 49.1 Å². The Morgan fingerprint density at radius 3 is 2.15 bits per heavy atom. The average molecular weight is 596 g/mol. The summed E-state index contributed by atoms with van der Waals surface area (Å²) < 4.78 is 85.4. The summed E-state index contributed by atoms with van der Waals surface area (Å²) in [5, 5.41) is 10.4. The van der Waals surface area contributed by atoms with Crippen LogP contribution in [-0.4, -0.2) is 44.4 Å². The number of nitrogens with zero attached hydrogens (tertiary/aromatic N) is 1. The fraction of sp³-hybridized carbons (Fsp3) is 0.419. The Morgan fingerprint density at radius 2 is 1.56 bits per heavy atom. The molecule has 0 fully saturated rings. The molecule has 1 N–H and O–H groups in total. The number of rotatable bonds is 12. The van der Waals surface area contributed by atoms with Crippen molar-refractivity contribution in [1.29, 1.82) is 0 Å². The molecule has 0 atom stereocenters. The molecule has 0 radical (unpaired) electrons. The molecular weight excluding hydrogens is 558 g/mol. The molecule has 0 aromatic heterocycles. The summed E-state index contributed by atoms with van der Waals surface area (Å²) in [7, 11) is -3.65. The minimum Gasteiger partial charge on any atom is -0.494 e. The summed E-state index contributed by atoms with van der Waals surface area (Å²) >= 11 is 0. The zero-order chi connectivity index (χ0) is 30.6. The van der Waals surface area contributed by atoms with Gasteiger partial charge in [-0.2, -0.15) is 13.2 Å². The van der Waals surface area contributed by atoms with Crippen molar-refractivity contribution in [3.05, 3.63) is 94.8 Å². The van der Waals surface area contributed by atoms with Gasteiger partial charge in [0.05, 0.1) is 22.7 Å². The van der Waals surface area contributed by atoms with Crippen molar-refractivity contribution >= 4 is 9.84 Å². The highest BCUT2D eigenvalue weighted by molar-refractivity contribution is 7.90. The first kappa shape index (κ1) is 32.6. The first-order valence-corrected chi connectivity index (χ1v) is 15.1. The Morgan fingerprint density at radius 1 is 0.902 bits per heavy atom. The minimum atomic E-state index is -4.80. The number of ether oxygens (including phenoxy) is 1. The average Bonchev–Trinajstić information content (AvgIpc) is 2.86. The maximum absolute atomic E-state index is 14.9. The highest BCUT2D eigenvalue weighted by atomic mass is 32.2. The van der Waals surface area contributed by atoms with E-state index in [0.29, 0.717) is 25.3 Å². The van der Waals surface area contributed by atoms with Gasteiger partial charge in [-0.15, -0.1) is 0 Å². The summed E-state index contributed by atoms with van der Waals surface area (Å²) in [6.07, 6.45) is -3.30. The zero-order valence-electron chi connectivity index (χ0n) is 23.9. The zero-order valence-corrected chi connectivity index (χ0v) is 24.7. The van der Waals surface area contributed by atoms with E-state index >= 15 is 0 Å². The second-order valence-electron chi connectivity index (χ2n) is 11.4. The van der Waals surface area contributed by atoms with Crippen molar-refractivity contribution in [1.82, 2.24) is 4.90 Å². The maximum Gasteiger partial charge on any atom is 0.419 e. The molecule has 3 aromatic rings. The number of aliphatic hydroxyl groups is 1. The lowest BCUT2D eigenvalue weighted by atomic mass is 9.84. The van der Waals surface area contributed by atoms with Gasteiger partial charge in [-0.25, -0.2) is 12.8 Å². The summed E-state index contributed by atoms with van der Waals surface area (Å²) in [5.41, 5.74) is -1.82. The van der Waals surface area contributed by atoms with Gasteiger partial charge in [0.15, 0.2) is 9.84 Å².